The zero-order chi connectivity index (χ0) is 19.9. The molecule has 0 saturated carbocycles. The van der Waals surface area contributed by atoms with Crippen molar-refractivity contribution in [3.8, 4) is 11.6 Å². The van der Waals surface area contributed by atoms with Crippen LogP contribution in [0.2, 0.25) is 0 Å². The van der Waals surface area contributed by atoms with Gasteiger partial charge < -0.3 is 20.3 Å². The second kappa shape index (κ2) is 8.85. The number of benzene rings is 2. The Morgan fingerprint density at radius 3 is 2.71 bits per heavy atom. The highest BCUT2D eigenvalue weighted by molar-refractivity contribution is 5.93. The Morgan fingerprint density at radius 1 is 1.11 bits per heavy atom. The maximum absolute atomic E-state index is 13.4. The van der Waals surface area contributed by atoms with Gasteiger partial charge in [-0.15, -0.1) is 0 Å². The molecule has 0 fully saturated rings. The van der Waals surface area contributed by atoms with Gasteiger partial charge in [0.2, 0.25) is 5.88 Å². The smallest absolute Gasteiger partial charge is 0.319 e. The molecule has 3 rings (SSSR count). The average Bonchev–Trinajstić information content (AvgIpc) is 2.67. The van der Waals surface area contributed by atoms with Gasteiger partial charge in [-0.25, -0.2) is 14.2 Å². The molecule has 0 aliphatic heterocycles. The van der Waals surface area contributed by atoms with E-state index in [0.717, 1.165) is 5.69 Å². The van der Waals surface area contributed by atoms with E-state index in [2.05, 4.69) is 15.6 Å². The van der Waals surface area contributed by atoms with E-state index in [1.807, 2.05) is 43.3 Å². The van der Waals surface area contributed by atoms with Gasteiger partial charge in [0.1, 0.15) is 11.6 Å². The Hall–Kier alpha value is -3.61. The van der Waals surface area contributed by atoms with Crippen molar-refractivity contribution >= 4 is 17.4 Å². The summed E-state index contributed by atoms with van der Waals surface area (Å²) in [5, 5.41) is 5.62. The average molecular weight is 380 g/mol. The van der Waals surface area contributed by atoms with Gasteiger partial charge in [-0.3, -0.25) is 0 Å². The van der Waals surface area contributed by atoms with E-state index in [1.165, 1.54) is 12.1 Å². The van der Waals surface area contributed by atoms with Crippen molar-refractivity contribution in [2.75, 3.05) is 24.3 Å². The van der Waals surface area contributed by atoms with Gasteiger partial charge in [-0.1, -0.05) is 24.3 Å². The first-order chi connectivity index (χ1) is 13.5. The Labute approximate surface area is 163 Å². The van der Waals surface area contributed by atoms with Crippen molar-refractivity contribution in [3.05, 3.63) is 78.2 Å². The van der Waals surface area contributed by atoms with E-state index in [1.54, 1.807) is 30.5 Å². The molecule has 1 heterocycles. The minimum atomic E-state index is -0.396. The summed E-state index contributed by atoms with van der Waals surface area (Å²) >= 11 is 0. The van der Waals surface area contributed by atoms with E-state index in [0.29, 0.717) is 22.9 Å². The maximum Gasteiger partial charge on any atom is 0.319 e. The van der Waals surface area contributed by atoms with Crippen LogP contribution in [0.5, 0.6) is 11.6 Å². The summed E-state index contributed by atoms with van der Waals surface area (Å²) in [6.07, 6.45) is 1.57. The summed E-state index contributed by atoms with van der Waals surface area (Å²) in [6.45, 7) is 0.203. The highest BCUT2D eigenvalue weighted by Gasteiger charge is 2.10. The van der Waals surface area contributed by atoms with Crippen molar-refractivity contribution in [1.29, 1.82) is 0 Å². The highest BCUT2D eigenvalue weighted by atomic mass is 19.1. The third-order valence-electron chi connectivity index (χ3n) is 3.93. The lowest BCUT2D eigenvalue weighted by atomic mass is 10.2. The van der Waals surface area contributed by atoms with E-state index < -0.39 is 5.82 Å². The van der Waals surface area contributed by atoms with Crippen LogP contribution in [0.1, 0.15) is 5.56 Å². The fourth-order valence-corrected chi connectivity index (χ4v) is 2.60. The van der Waals surface area contributed by atoms with E-state index in [4.69, 9.17) is 4.74 Å². The maximum atomic E-state index is 13.4. The number of halogens is 1. The molecule has 28 heavy (non-hydrogen) atoms. The van der Waals surface area contributed by atoms with Crippen LogP contribution in [0.25, 0.3) is 0 Å². The van der Waals surface area contributed by atoms with E-state index in [9.17, 15) is 9.18 Å². The number of pyridine rings is 1. The molecule has 0 aliphatic carbocycles. The number of carbonyl (C=O) groups excluding carboxylic acids is 1. The van der Waals surface area contributed by atoms with Crippen LogP contribution in [0.15, 0.2) is 66.9 Å². The zero-order valence-corrected chi connectivity index (χ0v) is 15.6. The molecular formula is C21H21FN4O2. The molecule has 2 amide bonds. The molecule has 3 aromatic rings. The van der Waals surface area contributed by atoms with Crippen LogP contribution < -0.4 is 20.3 Å². The number of rotatable bonds is 6. The Morgan fingerprint density at radius 2 is 1.93 bits per heavy atom. The molecule has 1 aromatic heterocycles. The quantitative estimate of drug-likeness (QED) is 0.665. The lowest BCUT2D eigenvalue weighted by Crippen LogP contribution is -2.29. The lowest BCUT2D eigenvalue weighted by Gasteiger charge is -2.18. The Bertz CT molecular complexity index is 962. The fraction of sp³-hybridized carbons (Fsp3) is 0.143. The lowest BCUT2D eigenvalue weighted by molar-refractivity contribution is 0.251. The summed E-state index contributed by atoms with van der Waals surface area (Å²) in [5.41, 5.74) is 2.27. The van der Waals surface area contributed by atoms with Gasteiger partial charge in [0.05, 0.1) is 11.4 Å². The van der Waals surface area contributed by atoms with Crippen LogP contribution in [-0.2, 0) is 6.54 Å². The predicted molar refractivity (Wildman–Crippen MR) is 107 cm³/mol. The number of hydrogen-bond donors (Lipinski definition) is 2. The Balaban J connectivity index is 1.66. The first-order valence-corrected chi connectivity index (χ1v) is 8.71. The highest BCUT2D eigenvalue weighted by Crippen LogP contribution is 2.24. The third-order valence-corrected chi connectivity index (χ3v) is 3.93. The SMILES string of the molecule is CN(C)c1ccccc1NC(=O)NCc1cccnc1Oc1cccc(F)c1. The van der Waals surface area contributed by atoms with Crippen LogP contribution in [0, 0.1) is 5.82 Å². The number of aromatic nitrogens is 1. The summed E-state index contributed by atoms with van der Waals surface area (Å²) in [7, 11) is 3.81. The van der Waals surface area contributed by atoms with Crippen LogP contribution in [0.4, 0.5) is 20.6 Å². The van der Waals surface area contributed by atoms with Gasteiger partial charge in [-0.2, -0.15) is 0 Å². The van der Waals surface area contributed by atoms with Crippen molar-refractivity contribution < 1.29 is 13.9 Å². The molecule has 2 N–H and O–H groups in total. The summed E-state index contributed by atoms with van der Waals surface area (Å²) in [5.74, 6) is 0.249. The molecule has 7 heteroatoms. The number of nitrogens with one attached hydrogen (secondary N) is 2. The number of urea groups is 1. The number of para-hydroxylation sites is 2. The fourth-order valence-electron chi connectivity index (χ4n) is 2.60. The molecule has 144 valence electrons. The summed E-state index contributed by atoms with van der Waals surface area (Å²) in [6, 6.07) is 16.5. The van der Waals surface area contributed by atoms with Gasteiger partial charge in [0.15, 0.2) is 0 Å². The second-order valence-electron chi connectivity index (χ2n) is 6.25. The molecule has 0 atom stereocenters. The van der Waals surface area contributed by atoms with Gasteiger partial charge in [-0.05, 0) is 30.3 Å². The number of hydrogen-bond acceptors (Lipinski definition) is 4. The Kier molecular flexibility index (Phi) is 6.06. The molecule has 2 aromatic carbocycles. The second-order valence-corrected chi connectivity index (χ2v) is 6.25. The molecule has 0 spiro atoms. The van der Waals surface area contributed by atoms with Crippen LogP contribution in [-0.4, -0.2) is 25.1 Å². The van der Waals surface area contributed by atoms with Crippen molar-refractivity contribution in [1.82, 2.24) is 10.3 Å². The number of ether oxygens (including phenoxy) is 1. The first-order valence-electron chi connectivity index (χ1n) is 8.71. The van der Waals surface area contributed by atoms with Gasteiger partial charge in [0.25, 0.3) is 0 Å². The number of nitrogens with zero attached hydrogens (tertiary/aromatic N) is 2. The molecule has 0 bridgehead atoms. The minimum absolute atomic E-state index is 0.203. The number of amides is 2. The van der Waals surface area contributed by atoms with E-state index >= 15 is 0 Å². The zero-order valence-electron chi connectivity index (χ0n) is 15.6. The molecule has 0 unspecified atom stereocenters. The molecule has 0 radical (unpaired) electrons. The third kappa shape index (κ3) is 4.97. The van der Waals surface area contributed by atoms with Crippen LogP contribution in [0.3, 0.4) is 0 Å². The normalized spacial score (nSPS) is 10.2. The number of carbonyl (C=O) groups is 1. The summed E-state index contributed by atoms with van der Waals surface area (Å²) in [4.78, 5) is 18.4. The minimum Gasteiger partial charge on any atom is -0.439 e. The van der Waals surface area contributed by atoms with Gasteiger partial charge >= 0.3 is 6.03 Å². The van der Waals surface area contributed by atoms with E-state index in [-0.39, 0.29) is 12.6 Å². The largest absolute Gasteiger partial charge is 0.439 e. The van der Waals surface area contributed by atoms with Crippen molar-refractivity contribution in [2.24, 2.45) is 0 Å². The molecule has 6 nitrogen and oxygen atoms in total. The van der Waals surface area contributed by atoms with Crippen molar-refractivity contribution in [2.45, 2.75) is 6.54 Å². The first kappa shape index (κ1) is 19.2. The van der Waals surface area contributed by atoms with Crippen molar-refractivity contribution in [3.63, 3.8) is 0 Å². The number of anilines is 2. The monoisotopic (exact) mass is 380 g/mol. The van der Waals surface area contributed by atoms with Crippen LogP contribution >= 0.6 is 0 Å². The van der Waals surface area contributed by atoms with Gasteiger partial charge in [0, 0.05) is 38.5 Å². The molecule has 0 aliphatic rings. The predicted octanol–water partition coefficient (Wildman–Crippen LogP) is 4.40. The topological polar surface area (TPSA) is 66.5 Å². The standard InChI is InChI=1S/C21H21FN4O2/c1-26(2)19-11-4-3-10-18(19)25-21(27)24-14-15-7-6-12-23-20(15)28-17-9-5-8-16(22)13-17/h3-13H,14H2,1-2H3,(H2,24,25,27). The molecular weight excluding hydrogens is 359 g/mol. The molecule has 0 saturated heterocycles. The summed E-state index contributed by atoms with van der Waals surface area (Å²) < 4.78 is 19.0.